The summed E-state index contributed by atoms with van der Waals surface area (Å²) in [6.45, 7) is 7.42. The van der Waals surface area contributed by atoms with Crippen molar-refractivity contribution in [2.75, 3.05) is 33.7 Å². The lowest BCUT2D eigenvalue weighted by molar-refractivity contribution is 0.0703. The summed E-state index contributed by atoms with van der Waals surface area (Å²) in [7, 11) is 4.16. The molecule has 0 N–H and O–H groups in total. The molecule has 6 heteroatoms. The normalized spacial score (nSPS) is 17.4. The van der Waals surface area contributed by atoms with Crippen LogP contribution in [0, 0.1) is 0 Å². The lowest BCUT2D eigenvalue weighted by Crippen LogP contribution is -2.39. The molecule has 152 valence electrons. The van der Waals surface area contributed by atoms with E-state index in [2.05, 4.69) is 28.5 Å². The van der Waals surface area contributed by atoms with Crippen molar-refractivity contribution in [1.29, 1.82) is 0 Å². The predicted octanol–water partition coefficient (Wildman–Crippen LogP) is 3.25. The van der Waals surface area contributed by atoms with Gasteiger partial charge >= 0.3 is 0 Å². The highest BCUT2D eigenvalue weighted by molar-refractivity contribution is 5.94. The van der Waals surface area contributed by atoms with Gasteiger partial charge in [0, 0.05) is 50.1 Å². The Morgan fingerprint density at radius 1 is 1.29 bits per heavy atom. The van der Waals surface area contributed by atoms with Gasteiger partial charge in [-0.05, 0) is 65.0 Å². The number of carbonyl (C=O) groups is 1. The Kier molecular flexibility index (Phi) is 6.73. The molecule has 2 heterocycles. The number of nitrogens with zero attached hydrogens (tertiary/aromatic N) is 4. The van der Waals surface area contributed by atoms with Crippen LogP contribution in [0.15, 0.2) is 36.7 Å². The average Bonchev–Trinajstić information content (AvgIpc) is 3.15. The standard InChI is InChI=1S/C22H32N4O2/c1-17(2)28-20-9-7-18(8-10-20)22(27)26-12-5-6-19(16-26)21-23-11-13-25(21)15-14-24(3)4/h7-11,13,17,19H,5-6,12,14-16H2,1-4H3/t19-/m0/s1. The van der Waals surface area contributed by atoms with Gasteiger partial charge in [0.1, 0.15) is 11.6 Å². The fourth-order valence-electron chi connectivity index (χ4n) is 3.68. The van der Waals surface area contributed by atoms with Crippen molar-refractivity contribution in [3.63, 3.8) is 0 Å². The fourth-order valence-corrected chi connectivity index (χ4v) is 3.68. The molecule has 1 aromatic heterocycles. The number of benzene rings is 1. The van der Waals surface area contributed by atoms with E-state index in [4.69, 9.17) is 4.74 Å². The summed E-state index contributed by atoms with van der Waals surface area (Å²) in [5.74, 6) is 2.27. The molecule has 1 aliphatic rings. The number of ether oxygens (including phenoxy) is 1. The van der Waals surface area contributed by atoms with Crippen LogP contribution in [0.5, 0.6) is 5.75 Å². The number of carbonyl (C=O) groups excluding carboxylic acids is 1. The van der Waals surface area contributed by atoms with Crippen LogP contribution in [-0.4, -0.2) is 65.1 Å². The second-order valence-electron chi connectivity index (χ2n) is 8.06. The van der Waals surface area contributed by atoms with Gasteiger partial charge in [0.05, 0.1) is 6.10 Å². The van der Waals surface area contributed by atoms with Crippen LogP contribution < -0.4 is 4.74 Å². The molecule has 0 spiro atoms. The minimum atomic E-state index is 0.0900. The number of likely N-dealkylation sites (tertiary alicyclic amines) is 1. The molecule has 0 aliphatic carbocycles. The molecule has 0 bridgehead atoms. The molecule has 0 radical (unpaired) electrons. The van der Waals surface area contributed by atoms with Crippen LogP contribution in [0.1, 0.15) is 48.8 Å². The summed E-state index contributed by atoms with van der Waals surface area (Å²) >= 11 is 0. The highest BCUT2D eigenvalue weighted by Crippen LogP contribution is 2.27. The summed E-state index contributed by atoms with van der Waals surface area (Å²) in [6, 6.07) is 7.48. The van der Waals surface area contributed by atoms with Crippen LogP contribution in [-0.2, 0) is 6.54 Å². The number of hydrogen-bond acceptors (Lipinski definition) is 4. The zero-order chi connectivity index (χ0) is 20.1. The van der Waals surface area contributed by atoms with Crippen LogP contribution in [0.25, 0.3) is 0 Å². The molecular weight excluding hydrogens is 352 g/mol. The molecule has 1 aromatic carbocycles. The second kappa shape index (κ2) is 9.24. The molecule has 28 heavy (non-hydrogen) atoms. The number of amides is 1. The molecule has 1 fully saturated rings. The van der Waals surface area contributed by atoms with Gasteiger partial charge < -0.3 is 19.1 Å². The molecule has 1 amide bonds. The van der Waals surface area contributed by atoms with Crippen molar-refractivity contribution in [2.24, 2.45) is 0 Å². The zero-order valence-electron chi connectivity index (χ0n) is 17.5. The first kappa shape index (κ1) is 20.4. The number of rotatable bonds is 7. The Hall–Kier alpha value is -2.34. The van der Waals surface area contributed by atoms with E-state index in [1.165, 1.54) is 0 Å². The molecular formula is C22H32N4O2. The van der Waals surface area contributed by atoms with Gasteiger partial charge in [-0.25, -0.2) is 4.98 Å². The Morgan fingerprint density at radius 2 is 2.04 bits per heavy atom. The number of aromatic nitrogens is 2. The quantitative estimate of drug-likeness (QED) is 0.735. The number of likely N-dealkylation sites (N-methyl/N-ethyl adjacent to an activating group) is 1. The topological polar surface area (TPSA) is 50.6 Å². The van der Waals surface area contributed by atoms with E-state index >= 15 is 0 Å². The minimum absolute atomic E-state index is 0.0900. The molecule has 6 nitrogen and oxygen atoms in total. The van der Waals surface area contributed by atoms with Crippen molar-refractivity contribution < 1.29 is 9.53 Å². The fraction of sp³-hybridized carbons (Fsp3) is 0.545. The largest absolute Gasteiger partial charge is 0.491 e. The lowest BCUT2D eigenvalue weighted by atomic mass is 9.96. The third-order valence-electron chi connectivity index (χ3n) is 5.08. The van der Waals surface area contributed by atoms with Crippen molar-refractivity contribution in [3.05, 3.63) is 48.0 Å². The Morgan fingerprint density at radius 3 is 2.71 bits per heavy atom. The van der Waals surface area contributed by atoms with E-state index in [0.29, 0.717) is 11.5 Å². The van der Waals surface area contributed by atoms with Crippen LogP contribution in [0.3, 0.4) is 0 Å². The van der Waals surface area contributed by atoms with E-state index in [-0.39, 0.29) is 12.0 Å². The first-order chi connectivity index (χ1) is 13.4. The summed E-state index contributed by atoms with van der Waals surface area (Å²) in [6.07, 6.45) is 6.13. The Balaban J connectivity index is 1.66. The van der Waals surface area contributed by atoms with E-state index in [0.717, 1.165) is 50.6 Å². The average molecular weight is 385 g/mol. The Labute approximate surface area is 168 Å². The minimum Gasteiger partial charge on any atom is -0.491 e. The highest BCUT2D eigenvalue weighted by Gasteiger charge is 2.28. The lowest BCUT2D eigenvalue weighted by Gasteiger charge is -2.33. The highest BCUT2D eigenvalue weighted by atomic mass is 16.5. The molecule has 1 aliphatic heterocycles. The second-order valence-corrected chi connectivity index (χ2v) is 8.06. The van der Waals surface area contributed by atoms with Gasteiger partial charge in [-0.15, -0.1) is 0 Å². The molecule has 1 atom stereocenters. The van der Waals surface area contributed by atoms with Crippen molar-refractivity contribution >= 4 is 5.91 Å². The van der Waals surface area contributed by atoms with Gasteiger partial charge in [-0.3, -0.25) is 4.79 Å². The van der Waals surface area contributed by atoms with Crippen molar-refractivity contribution in [2.45, 2.75) is 45.3 Å². The predicted molar refractivity (Wildman–Crippen MR) is 111 cm³/mol. The first-order valence-electron chi connectivity index (χ1n) is 10.2. The maximum Gasteiger partial charge on any atom is 0.253 e. The number of piperidine rings is 1. The van der Waals surface area contributed by atoms with E-state index < -0.39 is 0 Å². The summed E-state index contributed by atoms with van der Waals surface area (Å²) in [5, 5.41) is 0. The van der Waals surface area contributed by atoms with Crippen LogP contribution in [0.2, 0.25) is 0 Å². The van der Waals surface area contributed by atoms with Gasteiger partial charge in [0.2, 0.25) is 0 Å². The SMILES string of the molecule is CC(C)Oc1ccc(C(=O)N2CCC[C@H](c3nccn3CCN(C)C)C2)cc1. The molecule has 0 unspecified atom stereocenters. The van der Waals surface area contributed by atoms with Crippen LogP contribution in [0.4, 0.5) is 0 Å². The first-order valence-corrected chi connectivity index (χ1v) is 10.2. The van der Waals surface area contributed by atoms with E-state index in [9.17, 15) is 4.79 Å². The maximum atomic E-state index is 13.0. The zero-order valence-corrected chi connectivity index (χ0v) is 17.5. The third-order valence-corrected chi connectivity index (χ3v) is 5.08. The molecule has 0 saturated carbocycles. The van der Waals surface area contributed by atoms with Crippen molar-refractivity contribution in [3.8, 4) is 5.75 Å². The smallest absolute Gasteiger partial charge is 0.253 e. The Bertz CT molecular complexity index is 767. The summed E-state index contributed by atoms with van der Waals surface area (Å²) in [4.78, 5) is 21.8. The molecule has 1 saturated heterocycles. The van der Waals surface area contributed by atoms with Gasteiger partial charge in [-0.1, -0.05) is 0 Å². The summed E-state index contributed by atoms with van der Waals surface area (Å²) in [5.41, 5.74) is 0.715. The maximum absolute atomic E-state index is 13.0. The molecule has 2 aromatic rings. The van der Waals surface area contributed by atoms with E-state index in [1.807, 2.05) is 55.4 Å². The third kappa shape index (κ3) is 5.13. The van der Waals surface area contributed by atoms with E-state index in [1.54, 1.807) is 0 Å². The van der Waals surface area contributed by atoms with Crippen LogP contribution >= 0.6 is 0 Å². The van der Waals surface area contributed by atoms with Crippen molar-refractivity contribution in [1.82, 2.24) is 19.4 Å². The van der Waals surface area contributed by atoms with Gasteiger partial charge in [0.25, 0.3) is 5.91 Å². The molecule has 3 rings (SSSR count). The van der Waals surface area contributed by atoms with Gasteiger partial charge in [0.15, 0.2) is 0 Å². The number of imidazole rings is 1. The monoisotopic (exact) mass is 384 g/mol. The van der Waals surface area contributed by atoms with Gasteiger partial charge in [-0.2, -0.15) is 0 Å². The number of hydrogen-bond donors (Lipinski definition) is 0. The summed E-state index contributed by atoms with van der Waals surface area (Å²) < 4.78 is 7.91.